The van der Waals surface area contributed by atoms with E-state index in [2.05, 4.69) is 32.5 Å². The lowest BCUT2D eigenvalue weighted by atomic mass is 10.2. The van der Waals surface area contributed by atoms with Crippen molar-refractivity contribution in [3.8, 4) is 5.75 Å². The lowest BCUT2D eigenvalue weighted by Crippen LogP contribution is -2.14. The maximum Gasteiger partial charge on any atom is 0.344 e. The van der Waals surface area contributed by atoms with Gasteiger partial charge in [0, 0.05) is 23.3 Å². The maximum absolute atomic E-state index is 11.5. The first kappa shape index (κ1) is 22.3. The van der Waals surface area contributed by atoms with Gasteiger partial charge in [-0.05, 0) is 61.5 Å². The van der Waals surface area contributed by atoms with Crippen molar-refractivity contribution in [1.29, 1.82) is 0 Å². The number of aromatic nitrogens is 2. The van der Waals surface area contributed by atoms with Gasteiger partial charge in [0.1, 0.15) is 11.6 Å². The molecule has 0 unspecified atom stereocenters. The van der Waals surface area contributed by atoms with Crippen LogP contribution >= 0.6 is 0 Å². The fraction of sp³-hybridized carbons (Fsp3) is 0.130. The molecule has 164 valence electrons. The number of carbonyl (C=O) groups excluding carboxylic acids is 2. The highest BCUT2D eigenvalue weighted by Gasteiger charge is 2.05. The number of ether oxygens (including phenoxy) is 2. The van der Waals surface area contributed by atoms with Crippen LogP contribution in [-0.2, 0) is 14.3 Å². The molecular weight excluding hydrogens is 410 g/mol. The lowest BCUT2D eigenvalue weighted by molar-refractivity contribution is -0.145. The number of benzene rings is 2. The normalized spacial score (nSPS) is 10.0. The van der Waals surface area contributed by atoms with E-state index in [4.69, 9.17) is 9.47 Å². The van der Waals surface area contributed by atoms with E-state index >= 15 is 0 Å². The second-order valence-electron chi connectivity index (χ2n) is 6.41. The number of hydrogen-bond acceptors (Lipinski definition) is 8. The summed E-state index contributed by atoms with van der Waals surface area (Å²) in [4.78, 5) is 31.5. The SMILES string of the molecule is C=CC(=O)Nc1cccc(Nc2ccnc(Nc3ccc(OCC(=O)OCC)cc3)n2)c1. The van der Waals surface area contributed by atoms with E-state index < -0.39 is 5.97 Å². The molecule has 9 nitrogen and oxygen atoms in total. The predicted molar refractivity (Wildman–Crippen MR) is 122 cm³/mol. The van der Waals surface area contributed by atoms with Gasteiger partial charge in [-0.2, -0.15) is 4.98 Å². The van der Waals surface area contributed by atoms with Crippen LogP contribution in [0.1, 0.15) is 6.92 Å². The van der Waals surface area contributed by atoms with Crippen LogP contribution in [0.4, 0.5) is 28.8 Å². The molecule has 0 saturated carbocycles. The summed E-state index contributed by atoms with van der Waals surface area (Å²) in [5, 5.41) is 9.00. The van der Waals surface area contributed by atoms with Crippen LogP contribution < -0.4 is 20.7 Å². The summed E-state index contributed by atoms with van der Waals surface area (Å²) in [5.74, 6) is 0.813. The van der Waals surface area contributed by atoms with Gasteiger partial charge in [0.05, 0.1) is 6.61 Å². The van der Waals surface area contributed by atoms with Crippen molar-refractivity contribution in [2.45, 2.75) is 6.92 Å². The second kappa shape index (κ2) is 11.1. The zero-order valence-electron chi connectivity index (χ0n) is 17.5. The molecule has 0 aliphatic carbocycles. The summed E-state index contributed by atoms with van der Waals surface area (Å²) in [6.07, 6.45) is 2.83. The zero-order chi connectivity index (χ0) is 22.8. The number of hydrogen-bond donors (Lipinski definition) is 3. The fourth-order valence-electron chi connectivity index (χ4n) is 2.61. The van der Waals surface area contributed by atoms with Crippen LogP contribution in [0.2, 0.25) is 0 Å². The molecule has 0 atom stereocenters. The molecule has 0 radical (unpaired) electrons. The molecule has 0 bridgehead atoms. The zero-order valence-corrected chi connectivity index (χ0v) is 17.5. The maximum atomic E-state index is 11.5. The van der Waals surface area contributed by atoms with Gasteiger partial charge in [-0.1, -0.05) is 12.6 Å². The van der Waals surface area contributed by atoms with E-state index in [0.29, 0.717) is 29.8 Å². The van der Waals surface area contributed by atoms with Crippen LogP contribution in [0.3, 0.4) is 0 Å². The molecule has 0 saturated heterocycles. The smallest absolute Gasteiger partial charge is 0.344 e. The second-order valence-corrected chi connectivity index (χ2v) is 6.41. The van der Waals surface area contributed by atoms with Crippen LogP contribution in [0.25, 0.3) is 0 Å². The highest BCUT2D eigenvalue weighted by atomic mass is 16.6. The van der Waals surface area contributed by atoms with Gasteiger partial charge in [-0.3, -0.25) is 4.79 Å². The van der Waals surface area contributed by atoms with Crippen molar-refractivity contribution < 1.29 is 19.1 Å². The van der Waals surface area contributed by atoms with E-state index in [1.165, 1.54) is 6.08 Å². The average Bonchev–Trinajstić information content (AvgIpc) is 2.79. The third-order valence-corrected chi connectivity index (χ3v) is 4.02. The Morgan fingerprint density at radius 1 is 1.03 bits per heavy atom. The number of nitrogens with zero attached hydrogens (tertiary/aromatic N) is 2. The Hall–Kier alpha value is -4.40. The van der Waals surface area contributed by atoms with Crippen LogP contribution in [0, 0.1) is 0 Å². The Morgan fingerprint density at radius 2 is 1.81 bits per heavy atom. The Morgan fingerprint density at radius 3 is 2.56 bits per heavy atom. The largest absolute Gasteiger partial charge is 0.482 e. The Kier molecular flexibility index (Phi) is 7.74. The highest BCUT2D eigenvalue weighted by molar-refractivity contribution is 5.99. The van der Waals surface area contributed by atoms with Gasteiger partial charge in [0.15, 0.2) is 6.61 Å². The number of rotatable bonds is 10. The number of anilines is 5. The molecule has 0 aliphatic rings. The fourth-order valence-corrected chi connectivity index (χ4v) is 2.61. The molecule has 9 heteroatoms. The molecule has 1 amide bonds. The molecule has 32 heavy (non-hydrogen) atoms. The highest BCUT2D eigenvalue weighted by Crippen LogP contribution is 2.21. The van der Waals surface area contributed by atoms with E-state index in [0.717, 1.165) is 11.4 Å². The van der Waals surface area contributed by atoms with Gasteiger partial charge in [0.25, 0.3) is 0 Å². The summed E-state index contributed by atoms with van der Waals surface area (Å²) >= 11 is 0. The van der Waals surface area contributed by atoms with Gasteiger partial charge >= 0.3 is 5.97 Å². The number of esters is 1. The molecule has 3 N–H and O–H groups in total. The summed E-state index contributed by atoms with van der Waals surface area (Å²) in [7, 11) is 0. The molecule has 1 aromatic heterocycles. The number of amides is 1. The van der Waals surface area contributed by atoms with Crippen molar-refractivity contribution in [2.24, 2.45) is 0 Å². The standard InChI is InChI=1S/C23H23N5O4/c1-3-21(29)26-18-7-5-6-17(14-18)25-20-12-13-24-23(28-20)27-16-8-10-19(11-9-16)32-15-22(30)31-4-2/h3,5-14H,1,4,15H2,2H3,(H,26,29)(H2,24,25,27,28). The summed E-state index contributed by atoms with van der Waals surface area (Å²) in [6.45, 7) is 5.36. The topological polar surface area (TPSA) is 114 Å². The quantitative estimate of drug-likeness (QED) is 0.324. The molecule has 0 fully saturated rings. The van der Waals surface area contributed by atoms with E-state index in [1.54, 1.807) is 55.6 Å². The molecule has 0 spiro atoms. The van der Waals surface area contributed by atoms with Crippen LogP contribution in [-0.4, -0.2) is 35.1 Å². The predicted octanol–water partition coefficient (Wildman–Crippen LogP) is 4.03. The Balaban J connectivity index is 1.60. The molecular formula is C23H23N5O4. The third kappa shape index (κ3) is 6.84. The van der Waals surface area contributed by atoms with Gasteiger partial charge in [-0.25, -0.2) is 9.78 Å². The molecule has 2 aromatic carbocycles. The molecule has 3 aromatic rings. The first-order valence-corrected chi connectivity index (χ1v) is 9.85. The molecule has 1 heterocycles. The minimum Gasteiger partial charge on any atom is -0.482 e. The van der Waals surface area contributed by atoms with E-state index in [1.807, 2.05) is 12.1 Å². The van der Waals surface area contributed by atoms with Crippen molar-refractivity contribution in [2.75, 3.05) is 29.2 Å². The minimum atomic E-state index is -0.416. The van der Waals surface area contributed by atoms with Crippen molar-refractivity contribution >= 4 is 40.7 Å². The summed E-state index contributed by atoms with van der Waals surface area (Å²) < 4.78 is 10.2. The van der Waals surface area contributed by atoms with E-state index in [-0.39, 0.29) is 12.5 Å². The van der Waals surface area contributed by atoms with Gasteiger partial charge < -0.3 is 25.4 Å². The summed E-state index contributed by atoms with van der Waals surface area (Å²) in [5.41, 5.74) is 2.14. The first-order valence-electron chi connectivity index (χ1n) is 9.85. The van der Waals surface area contributed by atoms with Crippen molar-refractivity contribution in [1.82, 2.24) is 9.97 Å². The van der Waals surface area contributed by atoms with Crippen LogP contribution in [0.5, 0.6) is 5.75 Å². The van der Waals surface area contributed by atoms with Gasteiger partial charge in [0.2, 0.25) is 11.9 Å². The van der Waals surface area contributed by atoms with Crippen molar-refractivity contribution in [3.63, 3.8) is 0 Å². The van der Waals surface area contributed by atoms with E-state index in [9.17, 15) is 9.59 Å². The molecule has 3 rings (SSSR count). The lowest BCUT2D eigenvalue weighted by Gasteiger charge is -2.10. The monoisotopic (exact) mass is 433 g/mol. The molecule has 0 aliphatic heterocycles. The Labute approximate surface area is 185 Å². The van der Waals surface area contributed by atoms with Crippen LogP contribution in [0.15, 0.2) is 73.4 Å². The van der Waals surface area contributed by atoms with Gasteiger partial charge in [-0.15, -0.1) is 0 Å². The number of nitrogens with one attached hydrogen (secondary N) is 3. The van der Waals surface area contributed by atoms with Crippen molar-refractivity contribution in [3.05, 3.63) is 73.4 Å². The minimum absolute atomic E-state index is 0.143. The third-order valence-electron chi connectivity index (χ3n) is 4.02. The average molecular weight is 433 g/mol. The summed E-state index contributed by atoms with van der Waals surface area (Å²) in [6, 6.07) is 16.0. The number of carbonyl (C=O) groups is 2. The first-order chi connectivity index (χ1) is 15.6. The Bertz CT molecular complexity index is 1090.